The fourth-order valence-corrected chi connectivity index (χ4v) is 2.58. The van der Waals surface area contributed by atoms with Gasteiger partial charge in [0.05, 0.1) is 6.61 Å². The van der Waals surface area contributed by atoms with Crippen LogP contribution in [-0.4, -0.2) is 17.7 Å². The molecule has 1 fully saturated rings. The second-order valence-electron chi connectivity index (χ2n) is 4.71. The Morgan fingerprint density at radius 2 is 2.18 bits per heavy atom. The van der Waals surface area contributed by atoms with Gasteiger partial charge in [0.1, 0.15) is 0 Å². The summed E-state index contributed by atoms with van der Waals surface area (Å²) in [5, 5.41) is 9.47. The molecule has 0 heterocycles. The van der Waals surface area contributed by atoms with Gasteiger partial charge in [-0.15, -0.1) is 0 Å². The van der Waals surface area contributed by atoms with E-state index in [4.69, 9.17) is 0 Å². The molecule has 1 aliphatic carbocycles. The van der Waals surface area contributed by atoms with Crippen LogP contribution in [0.1, 0.15) is 38.2 Å². The number of halogens is 1. The van der Waals surface area contributed by atoms with Crippen LogP contribution in [0.2, 0.25) is 0 Å². The molecule has 0 aromatic heterocycles. The van der Waals surface area contributed by atoms with Gasteiger partial charge < -0.3 is 10.0 Å². The molecule has 1 N–H and O–H groups in total. The number of nitrogens with zero attached hydrogens (tertiary/aromatic N) is 1. The number of aliphatic hydroxyl groups excluding tert-OH is 1. The van der Waals surface area contributed by atoms with E-state index in [1.807, 2.05) is 6.07 Å². The number of aliphatic hydroxyl groups is 1. The van der Waals surface area contributed by atoms with Gasteiger partial charge in [0.25, 0.3) is 0 Å². The van der Waals surface area contributed by atoms with E-state index in [0.717, 1.165) is 16.6 Å². The van der Waals surface area contributed by atoms with E-state index in [2.05, 4.69) is 39.9 Å². The molecule has 1 saturated carbocycles. The monoisotopic (exact) mass is 297 g/mol. The summed E-state index contributed by atoms with van der Waals surface area (Å²) in [7, 11) is 0. The highest BCUT2D eigenvalue weighted by atomic mass is 79.9. The summed E-state index contributed by atoms with van der Waals surface area (Å²) in [4.78, 5) is 2.47. The Morgan fingerprint density at radius 1 is 1.41 bits per heavy atom. The van der Waals surface area contributed by atoms with Crippen LogP contribution < -0.4 is 4.90 Å². The van der Waals surface area contributed by atoms with Gasteiger partial charge in [0, 0.05) is 28.3 Å². The second kappa shape index (κ2) is 5.87. The summed E-state index contributed by atoms with van der Waals surface area (Å²) in [5.74, 6) is 0. The van der Waals surface area contributed by atoms with E-state index in [0.29, 0.717) is 6.04 Å². The minimum Gasteiger partial charge on any atom is -0.392 e. The molecule has 0 saturated heterocycles. The molecule has 0 aliphatic heterocycles. The molecule has 0 radical (unpaired) electrons. The highest BCUT2D eigenvalue weighted by molar-refractivity contribution is 9.10. The Bertz CT molecular complexity index is 376. The topological polar surface area (TPSA) is 23.5 Å². The van der Waals surface area contributed by atoms with Crippen molar-refractivity contribution < 1.29 is 5.11 Å². The van der Waals surface area contributed by atoms with Gasteiger partial charge >= 0.3 is 0 Å². The van der Waals surface area contributed by atoms with Gasteiger partial charge in [0.15, 0.2) is 0 Å². The van der Waals surface area contributed by atoms with Gasteiger partial charge in [-0.1, -0.05) is 29.3 Å². The predicted octanol–water partition coefficient (Wildman–Crippen LogP) is 3.71. The first kappa shape index (κ1) is 12.9. The van der Waals surface area contributed by atoms with Crippen LogP contribution in [0.5, 0.6) is 0 Å². The fraction of sp³-hybridized carbons (Fsp3) is 0.571. The van der Waals surface area contributed by atoms with Crippen LogP contribution >= 0.6 is 15.9 Å². The summed E-state index contributed by atoms with van der Waals surface area (Å²) in [5.41, 5.74) is 2.24. The molecule has 94 valence electrons. The molecule has 0 unspecified atom stereocenters. The standard InChI is InChI=1S/C14H20BrNO/c1-2-3-8-16(13-5-6-13)14-7-4-12(15)9-11(14)10-17/h4,7,9,13,17H,2-3,5-6,8,10H2,1H3. The van der Waals surface area contributed by atoms with Crippen LogP contribution in [0.25, 0.3) is 0 Å². The Morgan fingerprint density at radius 3 is 2.76 bits per heavy atom. The lowest BCUT2D eigenvalue weighted by atomic mass is 10.1. The molecule has 0 amide bonds. The van der Waals surface area contributed by atoms with Crippen LogP contribution in [0, 0.1) is 0 Å². The van der Waals surface area contributed by atoms with Gasteiger partial charge in [-0.3, -0.25) is 0 Å². The smallest absolute Gasteiger partial charge is 0.0702 e. The third-order valence-corrected chi connectivity index (χ3v) is 3.75. The largest absolute Gasteiger partial charge is 0.392 e. The zero-order valence-corrected chi connectivity index (χ0v) is 11.9. The number of hydrogen-bond acceptors (Lipinski definition) is 2. The maximum absolute atomic E-state index is 9.47. The lowest BCUT2D eigenvalue weighted by Gasteiger charge is -2.27. The SMILES string of the molecule is CCCCN(c1ccc(Br)cc1CO)C1CC1. The van der Waals surface area contributed by atoms with Crippen molar-refractivity contribution in [2.24, 2.45) is 0 Å². The van der Waals surface area contributed by atoms with Crippen molar-refractivity contribution in [3.8, 4) is 0 Å². The second-order valence-corrected chi connectivity index (χ2v) is 5.62. The van der Waals surface area contributed by atoms with E-state index in [1.54, 1.807) is 0 Å². The van der Waals surface area contributed by atoms with E-state index < -0.39 is 0 Å². The van der Waals surface area contributed by atoms with Crippen molar-refractivity contribution in [1.82, 2.24) is 0 Å². The van der Waals surface area contributed by atoms with Gasteiger partial charge in [-0.2, -0.15) is 0 Å². The van der Waals surface area contributed by atoms with Crippen LogP contribution in [0.4, 0.5) is 5.69 Å². The average molecular weight is 298 g/mol. The van der Waals surface area contributed by atoms with Crippen molar-refractivity contribution in [3.63, 3.8) is 0 Å². The first-order chi connectivity index (χ1) is 8.26. The average Bonchev–Trinajstić information content (AvgIpc) is 3.15. The zero-order chi connectivity index (χ0) is 12.3. The molecule has 1 aromatic carbocycles. The number of benzene rings is 1. The molecule has 2 rings (SSSR count). The maximum Gasteiger partial charge on any atom is 0.0702 e. The van der Waals surface area contributed by atoms with Crippen molar-refractivity contribution in [1.29, 1.82) is 0 Å². The van der Waals surface area contributed by atoms with Crippen molar-refractivity contribution in [2.75, 3.05) is 11.4 Å². The van der Waals surface area contributed by atoms with E-state index in [1.165, 1.54) is 31.4 Å². The lowest BCUT2D eigenvalue weighted by molar-refractivity contribution is 0.282. The van der Waals surface area contributed by atoms with Crippen LogP contribution in [-0.2, 0) is 6.61 Å². The van der Waals surface area contributed by atoms with Crippen LogP contribution in [0.15, 0.2) is 22.7 Å². The first-order valence-corrected chi connectivity index (χ1v) is 7.21. The van der Waals surface area contributed by atoms with Gasteiger partial charge in [-0.05, 0) is 37.5 Å². The lowest BCUT2D eigenvalue weighted by Crippen LogP contribution is -2.27. The Balaban J connectivity index is 2.21. The molecule has 1 aliphatic rings. The van der Waals surface area contributed by atoms with E-state index >= 15 is 0 Å². The molecule has 0 spiro atoms. The molecular weight excluding hydrogens is 278 g/mol. The number of anilines is 1. The molecule has 3 heteroatoms. The Labute approximate surface area is 112 Å². The summed E-state index contributed by atoms with van der Waals surface area (Å²) < 4.78 is 1.04. The Kier molecular flexibility index (Phi) is 4.46. The third-order valence-electron chi connectivity index (χ3n) is 3.26. The van der Waals surface area contributed by atoms with E-state index in [-0.39, 0.29) is 6.61 Å². The minimum absolute atomic E-state index is 0.115. The third kappa shape index (κ3) is 3.23. The molecule has 0 atom stereocenters. The molecule has 1 aromatic rings. The first-order valence-electron chi connectivity index (χ1n) is 6.42. The summed E-state index contributed by atoms with van der Waals surface area (Å²) in [6, 6.07) is 6.92. The molecule has 2 nitrogen and oxygen atoms in total. The van der Waals surface area contributed by atoms with Crippen molar-refractivity contribution in [3.05, 3.63) is 28.2 Å². The van der Waals surface area contributed by atoms with Crippen molar-refractivity contribution >= 4 is 21.6 Å². The van der Waals surface area contributed by atoms with Gasteiger partial charge in [0.2, 0.25) is 0 Å². The quantitative estimate of drug-likeness (QED) is 0.865. The molecular formula is C14H20BrNO. The van der Waals surface area contributed by atoms with Crippen molar-refractivity contribution in [2.45, 2.75) is 45.3 Å². The highest BCUT2D eigenvalue weighted by Crippen LogP contribution is 2.35. The fourth-order valence-electron chi connectivity index (χ4n) is 2.18. The highest BCUT2D eigenvalue weighted by Gasteiger charge is 2.29. The van der Waals surface area contributed by atoms with E-state index in [9.17, 15) is 5.11 Å². The molecule has 0 bridgehead atoms. The zero-order valence-electron chi connectivity index (χ0n) is 10.3. The summed E-state index contributed by atoms with van der Waals surface area (Å²) in [6.45, 7) is 3.44. The number of rotatable bonds is 6. The molecule has 17 heavy (non-hydrogen) atoms. The minimum atomic E-state index is 0.115. The number of hydrogen-bond donors (Lipinski definition) is 1. The summed E-state index contributed by atoms with van der Waals surface area (Å²) >= 11 is 3.46. The Hall–Kier alpha value is -0.540. The summed E-state index contributed by atoms with van der Waals surface area (Å²) in [6.07, 6.45) is 5.03. The predicted molar refractivity (Wildman–Crippen MR) is 75.3 cm³/mol. The normalized spacial score (nSPS) is 15.0. The van der Waals surface area contributed by atoms with Crippen LogP contribution in [0.3, 0.4) is 0 Å². The number of unbranched alkanes of at least 4 members (excludes halogenated alkanes) is 1. The maximum atomic E-state index is 9.47. The van der Waals surface area contributed by atoms with Gasteiger partial charge in [-0.25, -0.2) is 0 Å².